The van der Waals surface area contributed by atoms with Crippen molar-refractivity contribution in [3.63, 3.8) is 0 Å². The van der Waals surface area contributed by atoms with Gasteiger partial charge >= 0.3 is 30.1 Å². The molecule has 21 heteroatoms. The van der Waals surface area contributed by atoms with Crippen LogP contribution in [0.15, 0.2) is 99.6 Å². The predicted octanol–water partition coefficient (Wildman–Crippen LogP) is 6.67. The Morgan fingerprint density at radius 2 is 1.39 bits per heavy atom. The number of fused-ring (bicyclic) bond motifs is 3. The zero-order valence-corrected chi connectivity index (χ0v) is 40.5. The highest BCUT2D eigenvalue weighted by molar-refractivity contribution is 8.12. The minimum absolute atomic E-state index is 0.157. The number of ether oxygens (including phenoxy) is 9. The molecule has 2 N–H and O–H groups in total. The fourth-order valence-corrected chi connectivity index (χ4v) is 8.83. The van der Waals surface area contributed by atoms with Crippen LogP contribution in [0.25, 0.3) is 11.1 Å². The molecule has 1 fully saturated rings. The van der Waals surface area contributed by atoms with Gasteiger partial charge in [-0.15, -0.1) is 16.2 Å². The van der Waals surface area contributed by atoms with Crippen molar-refractivity contribution in [3.8, 4) is 28.4 Å². The van der Waals surface area contributed by atoms with E-state index in [0.29, 0.717) is 68.3 Å². The number of hydrazine groups is 1. The number of benzene rings is 3. The number of rotatable bonds is 13. The lowest BCUT2D eigenvalue weighted by Crippen LogP contribution is -2.62. The quantitative estimate of drug-likeness (QED) is 0.0271. The fourth-order valence-electron chi connectivity index (χ4n) is 7.60. The van der Waals surface area contributed by atoms with Gasteiger partial charge in [0.15, 0.2) is 46.6 Å². The molecule has 1 saturated heterocycles. The van der Waals surface area contributed by atoms with Crippen molar-refractivity contribution in [1.29, 1.82) is 0 Å². The lowest BCUT2D eigenvalue weighted by molar-refractivity contribution is -0.227. The van der Waals surface area contributed by atoms with Crippen LogP contribution in [0.5, 0.6) is 17.2 Å². The number of methoxy groups -OCH3 is 3. The highest BCUT2D eigenvalue weighted by Crippen LogP contribution is 2.51. The second-order valence-electron chi connectivity index (χ2n) is 15.2. The number of aryl methyl sites for hydroxylation is 1. The lowest BCUT2D eigenvalue weighted by atomic mass is 9.95. The molecule has 4 aromatic carbocycles. The van der Waals surface area contributed by atoms with Crippen molar-refractivity contribution >= 4 is 59.0 Å². The molecule has 0 spiro atoms. The van der Waals surface area contributed by atoms with Crippen LogP contribution in [0.1, 0.15) is 55.5 Å². The molecular weight excluding hydrogens is 937 g/mol. The molecule has 6 rings (SSSR count). The van der Waals surface area contributed by atoms with Crippen LogP contribution in [-0.4, -0.2) is 98.4 Å². The molecule has 0 aromatic heterocycles. The standard InChI is InChI=1S/C48H52N4O15S2/c1-27(53)65-38-26-62-45(44(67-29(3)55)42(38)66-28(2)54)50-46(69-52(48(58)64-25-31-16-12-9-13-17-31)51-47(57)63-24-30-14-10-8-11-15-30)49-35-20-18-32-22-37(59-4)41(60-5)43(61-6)40(32)33-19-21-39(68-7)36(56)23-34(33)35/h8-17,19,21-23,35,38,42,44-45H,18,20,24-26H2,1-7H3,(H,49,50)(H,51,57)/t35?,38-,42-,44+,45+/m0/s1. The van der Waals surface area contributed by atoms with E-state index in [1.165, 1.54) is 39.2 Å². The maximum absolute atomic E-state index is 14.2. The van der Waals surface area contributed by atoms with Gasteiger partial charge in [-0.05, 0) is 65.1 Å². The molecule has 1 aliphatic carbocycles. The highest BCUT2D eigenvalue weighted by atomic mass is 32.2. The van der Waals surface area contributed by atoms with E-state index in [2.05, 4.69) is 10.7 Å². The Bertz CT molecular complexity index is 2590. The van der Waals surface area contributed by atoms with Gasteiger partial charge < -0.3 is 47.9 Å². The average Bonchev–Trinajstić information content (AvgIpc) is 3.58. The number of hydrogen-bond donors (Lipinski definition) is 2. The molecule has 0 radical (unpaired) electrons. The smallest absolute Gasteiger partial charge is 0.440 e. The van der Waals surface area contributed by atoms with Crippen LogP contribution in [0.2, 0.25) is 0 Å². The van der Waals surface area contributed by atoms with Crippen molar-refractivity contribution in [2.24, 2.45) is 4.99 Å². The summed E-state index contributed by atoms with van der Waals surface area (Å²) in [5.41, 5.74) is 5.82. The van der Waals surface area contributed by atoms with Crippen molar-refractivity contribution < 1.29 is 66.6 Å². The summed E-state index contributed by atoms with van der Waals surface area (Å²) < 4.78 is 52.3. The number of carbonyl (C=O) groups is 5. The second kappa shape index (κ2) is 24.4. The number of esters is 3. The Morgan fingerprint density at radius 1 is 0.768 bits per heavy atom. The third kappa shape index (κ3) is 13.4. The molecule has 366 valence electrons. The summed E-state index contributed by atoms with van der Waals surface area (Å²) in [4.78, 5) is 84.7. The largest absolute Gasteiger partial charge is 0.493 e. The van der Waals surface area contributed by atoms with E-state index >= 15 is 0 Å². The van der Waals surface area contributed by atoms with Crippen LogP contribution >= 0.6 is 23.7 Å². The molecule has 4 aromatic rings. The van der Waals surface area contributed by atoms with E-state index in [0.717, 1.165) is 30.7 Å². The lowest BCUT2D eigenvalue weighted by Gasteiger charge is -2.41. The third-order valence-corrected chi connectivity index (χ3v) is 12.1. The first-order valence-electron chi connectivity index (χ1n) is 21.4. The van der Waals surface area contributed by atoms with Crippen LogP contribution in [-0.2, 0) is 62.4 Å². The highest BCUT2D eigenvalue weighted by Gasteiger charge is 2.48. The summed E-state index contributed by atoms with van der Waals surface area (Å²) in [6.45, 7) is 2.68. The van der Waals surface area contributed by atoms with E-state index in [-0.39, 0.29) is 36.8 Å². The van der Waals surface area contributed by atoms with E-state index in [1.807, 2.05) is 6.07 Å². The van der Waals surface area contributed by atoms with E-state index in [4.69, 9.17) is 47.6 Å². The van der Waals surface area contributed by atoms with E-state index in [9.17, 15) is 28.8 Å². The van der Waals surface area contributed by atoms with Crippen molar-refractivity contribution in [2.45, 2.75) is 82.3 Å². The number of hydrogen-bond acceptors (Lipinski definition) is 18. The number of nitrogens with one attached hydrogen (secondary N) is 2. The van der Waals surface area contributed by atoms with Gasteiger partial charge in [0.1, 0.15) is 13.2 Å². The van der Waals surface area contributed by atoms with Gasteiger partial charge in [-0.2, -0.15) is 0 Å². The Labute approximate surface area is 406 Å². The number of amides is 2. The molecule has 69 heavy (non-hydrogen) atoms. The molecule has 1 unspecified atom stereocenters. The minimum atomic E-state index is -1.50. The molecule has 19 nitrogen and oxygen atoms in total. The number of thioether (sulfide) groups is 1. The van der Waals surface area contributed by atoms with Gasteiger partial charge in [0, 0.05) is 26.3 Å². The Kier molecular flexibility index (Phi) is 18.1. The van der Waals surface area contributed by atoms with Gasteiger partial charge in [-0.1, -0.05) is 66.7 Å². The number of amidine groups is 1. The summed E-state index contributed by atoms with van der Waals surface area (Å²) in [7, 11) is 4.48. The number of carbonyl (C=O) groups excluding carboxylic acids is 5. The van der Waals surface area contributed by atoms with E-state index < -0.39 is 60.7 Å². The summed E-state index contributed by atoms with van der Waals surface area (Å²) in [5.74, 6) is -1.26. The first-order chi connectivity index (χ1) is 33.2. The normalized spacial score (nSPS) is 18.4. The van der Waals surface area contributed by atoms with Crippen LogP contribution in [0.4, 0.5) is 9.59 Å². The summed E-state index contributed by atoms with van der Waals surface area (Å²) in [6.07, 6.45) is -5.31. The number of nitrogens with zero attached hydrogens (tertiary/aromatic N) is 2. The molecule has 1 aliphatic heterocycles. The molecule has 5 atom stereocenters. The van der Waals surface area contributed by atoms with Crippen LogP contribution < -0.4 is 30.4 Å². The van der Waals surface area contributed by atoms with Gasteiger partial charge in [0.05, 0.1) is 50.8 Å². The van der Waals surface area contributed by atoms with Crippen molar-refractivity contribution in [3.05, 3.63) is 117 Å². The molecule has 1 heterocycles. The molecule has 0 bridgehead atoms. The maximum atomic E-state index is 14.2. The van der Waals surface area contributed by atoms with Crippen LogP contribution in [0.3, 0.4) is 0 Å². The molecule has 0 saturated carbocycles. The summed E-state index contributed by atoms with van der Waals surface area (Å²) >= 11 is 1.79. The van der Waals surface area contributed by atoms with Gasteiger partial charge in [-0.3, -0.25) is 24.2 Å². The summed E-state index contributed by atoms with van der Waals surface area (Å²) in [6, 6.07) is 23.6. The van der Waals surface area contributed by atoms with Crippen molar-refractivity contribution in [2.75, 3.05) is 34.2 Å². The Morgan fingerprint density at radius 3 is 1.99 bits per heavy atom. The zero-order valence-electron chi connectivity index (χ0n) is 38.8. The summed E-state index contributed by atoms with van der Waals surface area (Å²) in [5, 5.41) is 2.93. The first kappa shape index (κ1) is 51.4. The fraction of sp³-hybridized carbons (Fsp3) is 0.354. The average molecular weight is 989 g/mol. The van der Waals surface area contributed by atoms with Gasteiger partial charge in [-0.25, -0.2) is 15.0 Å². The van der Waals surface area contributed by atoms with Gasteiger partial charge in [0.25, 0.3) is 0 Å². The molecule has 2 amide bonds. The van der Waals surface area contributed by atoms with Gasteiger partial charge in [0.2, 0.25) is 5.75 Å². The predicted molar refractivity (Wildman–Crippen MR) is 253 cm³/mol. The monoisotopic (exact) mass is 988 g/mol. The number of aliphatic imine (C=N–C) groups is 1. The zero-order chi connectivity index (χ0) is 49.6. The SMILES string of the molecule is COc1cc2c(c(OC)c1OC)-c1ccc(SC)c(=O)cc1C(N=C(N[C@@H]1OC[C@H](OC(C)=O)[C@H](OC(C)=O)[C@H]1OC(C)=O)SN(NC(=O)OCc1ccccc1)C(=O)OCc1ccccc1)CC2. The van der Waals surface area contributed by atoms with Crippen LogP contribution in [0, 0.1) is 0 Å². The van der Waals surface area contributed by atoms with E-state index in [1.54, 1.807) is 79.1 Å². The third-order valence-electron chi connectivity index (χ3n) is 10.5. The Hall–Kier alpha value is -6.97. The maximum Gasteiger partial charge on any atom is 0.440 e. The second-order valence-corrected chi connectivity index (χ2v) is 17.0. The molecular formula is C48H52N4O15S2. The first-order valence-corrected chi connectivity index (χ1v) is 23.4. The molecule has 2 aliphatic rings. The topological polar surface area (TPSA) is 225 Å². The minimum Gasteiger partial charge on any atom is -0.493 e. The Balaban J connectivity index is 1.51. The van der Waals surface area contributed by atoms with Crippen molar-refractivity contribution in [1.82, 2.24) is 15.2 Å².